The van der Waals surface area contributed by atoms with E-state index in [1.165, 1.54) is 0 Å². The van der Waals surface area contributed by atoms with Gasteiger partial charge in [0.25, 0.3) is 0 Å². The summed E-state index contributed by atoms with van der Waals surface area (Å²) in [6, 6.07) is -0.168. The number of nitrogens with one attached hydrogen (secondary N) is 1. The van der Waals surface area contributed by atoms with E-state index in [1.54, 1.807) is 18.7 Å². The molecule has 2 heterocycles. The predicted octanol–water partition coefficient (Wildman–Crippen LogP) is 0.799. The van der Waals surface area contributed by atoms with Gasteiger partial charge in [-0.2, -0.15) is 0 Å². The van der Waals surface area contributed by atoms with Gasteiger partial charge < -0.3 is 25.8 Å². The van der Waals surface area contributed by atoms with Crippen LogP contribution >= 0.6 is 0 Å². The molecule has 0 aromatic carbocycles. The number of carbonyl (C=O) groups excluding carboxylic acids is 2. The molecule has 4 N–H and O–H groups in total. The van der Waals surface area contributed by atoms with Crippen molar-refractivity contribution in [3.05, 3.63) is 0 Å². The monoisotopic (exact) mass is 355 g/mol. The Morgan fingerprint density at radius 3 is 2.44 bits per heavy atom. The van der Waals surface area contributed by atoms with E-state index in [2.05, 4.69) is 5.32 Å². The summed E-state index contributed by atoms with van der Waals surface area (Å²) in [6.07, 6.45) is 2.49. The third-order valence-corrected chi connectivity index (χ3v) is 5.40. The van der Waals surface area contributed by atoms with Crippen LogP contribution in [-0.4, -0.2) is 60.3 Å². The van der Waals surface area contributed by atoms with Gasteiger partial charge >= 0.3 is 12.0 Å². The second-order valence-corrected chi connectivity index (χ2v) is 7.63. The number of nitrogens with zero attached hydrogens (tertiary/aromatic N) is 1. The second kappa shape index (κ2) is 8.03. The fraction of sp³-hybridized carbons (Fsp3) is 0.824. The van der Waals surface area contributed by atoms with Gasteiger partial charge in [-0.1, -0.05) is 0 Å². The van der Waals surface area contributed by atoms with Crippen molar-refractivity contribution in [1.82, 2.24) is 10.2 Å². The number of ether oxygens (including phenoxy) is 1. The minimum Gasteiger partial charge on any atom is -0.481 e. The average Bonchev–Trinajstić information content (AvgIpc) is 3.04. The zero-order valence-electron chi connectivity index (χ0n) is 15.0. The maximum Gasteiger partial charge on any atom is 0.317 e. The number of hydrogen-bond donors (Lipinski definition) is 3. The normalized spacial score (nSPS) is 25.0. The molecule has 2 fully saturated rings. The first-order chi connectivity index (χ1) is 11.7. The molecule has 2 rings (SSSR count). The average molecular weight is 355 g/mol. The summed E-state index contributed by atoms with van der Waals surface area (Å²) in [7, 11) is 0. The second-order valence-electron chi connectivity index (χ2n) is 7.63. The Balaban J connectivity index is 1.75. The van der Waals surface area contributed by atoms with Crippen molar-refractivity contribution in [3.8, 4) is 0 Å². The van der Waals surface area contributed by atoms with Crippen LogP contribution in [0.5, 0.6) is 0 Å². The van der Waals surface area contributed by atoms with E-state index >= 15 is 0 Å². The van der Waals surface area contributed by atoms with Crippen molar-refractivity contribution in [1.29, 1.82) is 0 Å². The van der Waals surface area contributed by atoms with E-state index in [9.17, 15) is 14.4 Å². The minimum atomic E-state index is -0.872. The Hall–Kier alpha value is -1.83. The van der Waals surface area contributed by atoms with Gasteiger partial charge in [0, 0.05) is 26.2 Å². The summed E-state index contributed by atoms with van der Waals surface area (Å²) in [5.74, 6) is -1.15. The minimum absolute atomic E-state index is 0.126. The molecule has 0 aromatic heterocycles. The molecular formula is C17H29N3O5. The number of carbonyl (C=O) groups is 3. The fourth-order valence-corrected chi connectivity index (χ4v) is 3.51. The quantitative estimate of drug-likeness (QED) is 0.650. The Bertz CT molecular complexity index is 514. The standard InChI is InChI=1S/C17H29N3O5/c1-17(2,15(22)23)6-7-19-16(24)20-8-3-11(4-9-20)13-12(14(18)21)5-10-25-13/h11-13H,3-10H2,1-2H3,(H2,18,21)(H,19,24)(H,22,23)/t12-,13+/m0/s1. The number of nitrogens with two attached hydrogens (primary N) is 1. The van der Waals surface area contributed by atoms with Crippen molar-refractivity contribution in [2.75, 3.05) is 26.2 Å². The molecule has 0 bridgehead atoms. The first-order valence-electron chi connectivity index (χ1n) is 8.89. The molecule has 2 aliphatic heterocycles. The lowest BCUT2D eigenvalue weighted by atomic mass is 9.84. The number of primary amides is 1. The highest BCUT2D eigenvalue weighted by molar-refractivity contribution is 5.77. The van der Waals surface area contributed by atoms with Crippen LogP contribution in [0, 0.1) is 17.3 Å². The molecule has 3 amide bonds. The summed E-state index contributed by atoms with van der Waals surface area (Å²) in [6.45, 7) is 5.38. The van der Waals surface area contributed by atoms with E-state index in [0.717, 1.165) is 12.8 Å². The van der Waals surface area contributed by atoms with Gasteiger partial charge in [-0.25, -0.2) is 4.79 Å². The Kier molecular flexibility index (Phi) is 6.26. The third kappa shape index (κ3) is 4.84. The molecule has 0 unspecified atom stereocenters. The molecule has 142 valence electrons. The van der Waals surface area contributed by atoms with Gasteiger partial charge in [-0.05, 0) is 45.4 Å². The van der Waals surface area contributed by atoms with Gasteiger partial charge in [-0.3, -0.25) is 9.59 Å². The number of aliphatic carboxylic acids is 1. The first-order valence-corrected chi connectivity index (χ1v) is 8.89. The number of piperidine rings is 1. The number of likely N-dealkylation sites (tertiary alicyclic amines) is 1. The molecule has 8 nitrogen and oxygen atoms in total. The van der Waals surface area contributed by atoms with Gasteiger partial charge in [-0.15, -0.1) is 0 Å². The number of hydrogen-bond acceptors (Lipinski definition) is 4. The Morgan fingerprint density at radius 1 is 1.24 bits per heavy atom. The molecule has 8 heteroatoms. The van der Waals surface area contributed by atoms with Crippen LogP contribution in [0.15, 0.2) is 0 Å². The molecular weight excluding hydrogens is 326 g/mol. The summed E-state index contributed by atoms with van der Waals surface area (Å²) >= 11 is 0. The van der Waals surface area contributed by atoms with Crippen molar-refractivity contribution >= 4 is 17.9 Å². The van der Waals surface area contributed by atoms with E-state index < -0.39 is 11.4 Å². The predicted molar refractivity (Wildman–Crippen MR) is 90.8 cm³/mol. The summed E-state index contributed by atoms with van der Waals surface area (Å²) < 4.78 is 5.71. The number of amides is 3. The number of carboxylic acid groups (broad SMARTS) is 1. The van der Waals surface area contributed by atoms with Crippen LogP contribution in [0.1, 0.15) is 39.5 Å². The zero-order chi connectivity index (χ0) is 18.6. The van der Waals surface area contributed by atoms with Crippen molar-refractivity contribution in [2.24, 2.45) is 23.0 Å². The van der Waals surface area contributed by atoms with E-state index in [1.807, 2.05) is 0 Å². The molecule has 0 aromatic rings. The smallest absolute Gasteiger partial charge is 0.317 e. The van der Waals surface area contributed by atoms with Crippen LogP contribution in [0.2, 0.25) is 0 Å². The summed E-state index contributed by atoms with van der Waals surface area (Å²) in [5.41, 5.74) is 4.59. The number of carboxylic acids is 1. The van der Waals surface area contributed by atoms with Gasteiger partial charge in [0.1, 0.15) is 0 Å². The largest absolute Gasteiger partial charge is 0.481 e. The van der Waals surface area contributed by atoms with Crippen molar-refractivity contribution < 1.29 is 24.2 Å². The maximum atomic E-state index is 12.2. The molecule has 2 atom stereocenters. The molecule has 25 heavy (non-hydrogen) atoms. The van der Waals surface area contributed by atoms with E-state index in [4.69, 9.17) is 15.6 Å². The number of urea groups is 1. The maximum absolute atomic E-state index is 12.2. The first kappa shape index (κ1) is 19.5. The summed E-state index contributed by atoms with van der Waals surface area (Å²) in [4.78, 5) is 36.5. The lowest BCUT2D eigenvalue weighted by Gasteiger charge is -2.35. The molecule has 0 spiro atoms. The molecule has 0 aliphatic carbocycles. The van der Waals surface area contributed by atoms with Crippen LogP contribution < -0.4 is 11.1 Å². The zero-order valence-corrected chi connectivity index (χ0v) is 15.0. The molecule has 0 radical (unpaired) electrons. The van der Waals surface area contributed by atoms with Gasteiger partial charge in [0.2, 0.25) is 5.91 Å². The van der Waals surface area contributed by atoms with E-state index in [0.29, 0.717) is 39.1 Å². The topological polar surface area (TPSA) is 122 Å². The van der Waals surface area contributed by atoms with Crippen molar-refractivity contribution in [3.63, 3.8) is 0 Å². The Labute approximate surface area is 148 Å². The number of rotatable bonds is 6. The highest BCUT2D eigenvalue weighted by Gasteiger charge is 2.39. The van der Waals surface area contributed by atoms with Gasteiger partial charge in [0.15, 0.2) is 0 Å². The van der Waals surface area contributed by atoms with Crippen LogP contribution in [0.25, 0.3) is 0 Å². The van der Waals surface area contributed by atoms with Crippen LogP contribution in [0.4, 0.5) is 4.79 Å². The third-order valence-electron chi connectivity index (χ3n) is 5.40. The highest BCUT2D eigenvalue weighted by Crippen LogP contribution is 2.33. The van der Waals surface area contributed by atoms with Crippen LogP contribution in [-0.2, 0) is 14.3 Å². The lowest BCUT2D eigenvalue weighted by molar-refractivity contribution is -0.147. The van der Waals surface area contributed by atoms with Crippen molar-refractivity contribution in [2.45, 2.75) is 45.6 Å². The molecule has 0 saturated carbocycles. The fourth-order valence-electron chi connectivity index (χ4n) is 3.51. The highest BCUT2D eigenvalue weighted by atomic mass is 16.5. The van der Waals surface area contributed by atoms with E-state index in [-0.39, 0.29) is 29.9 Å². The molecule has 2 saturated heterocycles. The molecule has 2 aliphatic rings. The lowest BCUT2D eigenvalue weighted by Crippen LogP contribution is -2.48. The summed E-state index contributed by atoms with van der Waals surface area (Å²) in [5, 5.41) is 11.9. The van der Waals surface area contributed by atoms with Gasteiger partial charge in [0.05, 0.1) is 17.4 Å². The van der Waals surface area contributed by atoms with Crippen LogP contribution in [0.3, 0.4) is 0 Å². The SMILES string of the molecule is CC(C)(CCNC(=O)N1CCC([C@H]2OCC[C@@H]2C(N)=O)CC1)C(=O)O. The Morgan fingerprint density at radius 2 is 1.88 bits per heavy atom.